The second-order valence-corrected chi connectivity index (χ2v) is 7.89. The number of urea groups is 1. The number of aromatic amines is 1. The van der Waals surface area contributed by atoms with Gasteiger partial charge in [0.15, 0.2) is 0 Å². The van der Waals surface area contributed by atoms with Crippen molar-refractivity contribution >= 4 is 6.03 Å². The standard InChI is InChI=1S/C17H28N4O2/c1-17(2,3)14-7-13(19-20-14)8-18-16(22)21-9-11-5-6-12(10-21)15(11)23-4/h7,11-12,15H,5-6,8-10H2,1-4H3,(H,18,22)(H,19,20)/t11-,12+,15?. The third kappa shape index (κ3) is 3.37. The number of nitrogens with zero attached hydrogens (tertiary/aromatic N) is 2. The van der Waals surface area contributed by atoms with Crippen LogP contribution in [0, 0.1) is 11.8 Å². The maximum atomic E-state index is 12.4. The van der Waals surface area contributed by atoms with Crippen LogP contribution in [0.5, 0.6) is 0 Å². The third-order valence-electron chi connectivity index (χ3n) is 5.14. The van der Waals surface area contributed by atoms with E-state index in [4.69, 9.17) is 4.74 Å². The first-order chi connectivity index (χ1) is 10.9. The van der Waals surface area contributed by atoms with Crippen molar-refractivity contribution in [2.75, 3.05) is 20.2 Å². The number of hydrogen-bond acceptors (Lipinski definition) is 3. The van der Waals surface area contributed by atoms with Gasteiger partial charge in [0.1, 0.15) is 0 Å². The Kier molecular flexibility index (Phi) is 4.36. The number of amides is 2. The number of likely N-dealkylation sites (tertiary alicyclic amines) is 1. The van der Waals surface area contributed by atoms with Gasteiger partial charge < -0.3 is 15.0 Å². The fourth-order valence-electron chi connectivity index (χ4n) is 3.84. The minimum atomic E-state index is 0.0139. The molecule has 1 unspecified atom stereocenters. The van der Waals surface area contributed by atoms with E-state index >= 15 is 0 Å². The normalized spacial score (nSPS) is 27.3. The topological polar surface area (TPSA) is 70.2 Å². The number of fused-ring (bicyclic) bond motifs is 2. The number of piperidine rings is 1. The Labute approximate surface area is 138 Å². The zero-order chi connectivity index (χ0) is 16.6. The van der Waals surface area contributed by atoms with Crippen LogP contribution >= 0.6 is 0 Å². The van der Waals surface area contributed by atoms with Gasteiger partial charge in [-0.15, -0.1) is 0 Å². The molecule has 6 nitrogen and oxygen atoms in total. The molecule has 2 fully saturated rings. The number of carbonyl (C=O) groups is 1. The van der Waals surface area contributed by atoms with Crippen molar-refractivity contribution < 1.29 is 9.53 Å². The van der Waals surface area contributed by atoms with Crippen LogP contribution in [0.25, 0.3) is 0 Å². The van der Waals surface area contributed by atoms with Gasteiger partial charge in [0.25, 0.3) is 0 Å². The van der Waals surface area contributed by atoms with E-state index in [9.17, 15) is 4.79 Å². The molecule has 0 radical (unpaired) electrons. The molecule has 2 N–H and O–H groups in total. The van der Waals surface area contributed by atoms with E-state index in [1.54, 1.807) is 7.11 Å². The Hall–Kier alpha value is -1.56. The predicted molar refractivity (Wildman–Crippen MR) is 88.1 cm³/mol. The molecule has 1 aliphatic heterocycles. The molecule has 128 valence electrons. The number of ether oxygens (including phenoxy) is 1. The second kappa shape index (κ2) is 6.15. The van der Waals surface area contributed by atoms with Crippen LogP contribution in [0.1, 0.15) is 45.0 Å². The monoisotopic (exact) mass is 320 g/mol. The highest BCUT2D eigenvalue weighted by Crippen LogP contribution is 2.38. The lowest BCUT2D eigenvalue weighted by molar-refractivity contribution is -0.00510. The molecule has 2 heterocycles. The lowest BCUT2D eigenvalue weighted by Gasteiger charge is -2.37. The quantitative estimate of drug-likeness (QED) is 0.897. The van der Waals surface area contributed by atoms with Gasteiger partial charge in [-0.25, -0.2) is 4.79 Å². The number of aromatic nitrogens is 2. The van der Waals surface area contributed by atoms with Crippen LogP contribution in [0.15, 0.2) is 6.07 Å². The fraction of sp³-hybridized carbons (Fsp3) is 0.765. The van der Waals surface area contributed by atoms with Gasteiger partial charge >= 0.3 is 6.03 Å². The lowest BCUT2D eigenvalue weighted by atomic mass is 9.92. The number of H-pyrrole nitrogens is 1. The summed E-state index contributed by atoms with van der Waals surface area (Å²) in [5.74, 6) is 0.980. The van der Waals surface area contributed by atoms with Crippen LogP contribution in [-0.2, 0) is 16.7 Å². The third-order valence-corrected chi connectivity index (χ3v) is 5.14. The van der Waals surface area contributed by atoms with Gasteiger partial charge in [-0.1, -0.05) is 20.8 Å². The van der Waals surface area contributed by atoms with Gasteiger partial charge in [-0.05, 0) is 18.9 Å². The van der Waals surface area contributed by atoms with E-state index in [1.807, 2.05) is 11.0 Å². The van der Waals surface area contributed by atoms with E-state index < -0.39 is 0 Å². The SMILES string of the molecule is COC1[C@@H]2CC[C@H]1CN(C(=O)NCc1cc(C(C)(C)C)n[nH]1)C2. The summed E-state index contributed by atoms with van der Waals surface area (Å²) in [5.41, 5.74) is 1.97. The highest BCUT2D eigenvalue weighted by atomic mass is 16.5. The zero-order valence-electron chi connectivity index (χ0n) is 14.6. The summed E-state index contributed by atoms with van der Waals surface area (Å²) < 4.78 is 5.60. The van der Waals surface area contributed by atoms with E-state index in [-0.39, 0.29) is 11.4 Å². The first-order valence-electron chi connectivity index (χ1n) is 8.49. The van der Waals surface area contributed by atoms with Crippen LogP contribution in [0.2, 0.25) is 0 Å². The minimum absolute atomic E-state index is 0.0139. The van der Waals surface area contributed by atoms with Crippen LogP contribution in [0.4, 0.5) is 4.79 Å². The summed E-state index contributed by atoms with van der Waals surface area (Å²) in [6.45, 7) is 8.47. The summed E-state index contributed by atoms with van der Waals surface area (Å²) in [7, 11) is 1.79. The van der Waals surface area contributed by atoms with Crippen LogP contribution in [0.3, 0.4) is 0 Å². The Bertz CT molecular complexity index is 549. The Balaban J connectivity index is 1.53. The number of methoxy groups -OCH3 is 1. The minimum Gasteiger partial charge on any atom is -0.381 e. The largest absolute Gasteiger partial charge is 0.381 e. The first-order valence-corrected chi connectivity index (χ1v) is 8.49. The van der Waals surface area contributed by atoms with Gasteiger partial charge in [-0.3, -0.25) is 5.10 Å². The highest BCUT2D eigenvalue weighted by Gasteiger charge is 2.43. The molecule has 1 saturated carbocycles. The van der Waals surface area contributed by atoms with Crippen molar-refractivity contribution in [1.29, 1.82) is 0 Å². The fourth-order valence-corrected chi connectivity index (χ4v) is 3.84. The molecule has 3 atom stereocenters. The molecule has 0 spiro atoms. The molecular formula is C17H28N4O2. The first kappa shape index (κ1) is 16.3. The molecule has 2 amide bonds. The summed E-state index contributed by atoms with van der Waals surface area (Å²) in [6, 6.07) is 2.05. The maximum Gasteiger partial charge on any atom is 0.317 e. The average molecular weight is 320 g/mol. The average Bonchev–Trinajstić information content (AvgIpc) is 3.06. The molecule has 1 aliphatic carbocycles. The van der Waals surface area contributed by atoms with E-state index in [0.29, 0.717) is 24.5 Å². The smallest absolute Gasteiger partial charge is 0.317 e. The van der Waals surface area contributed by atoms with Gasteiger partial charge in [0.05, 0.1) is 24.0 Å². The maximum absolute atomic E-state index is 12.4. The van der Waals surface area contributed by atoms with Crippen molar-refractivity contribution in [3.63, 3.8) is 0 Å². The number of carbonyl (C=O) groups excluding carboxylic acids is 1. The van der Waals surface area contributed by atoms with E-state index in [0.717, 1.165) is 24.5 Å². The summed E-state index contributed by atoms with van der Waals surface area (Å²) >= 11 is 0. The summed E-state index contributed by atoms with van der Waals surface area (Å²) in [4.78, 5) is 14.4. The van der Waals surface area contributed by atoms with E-state index in [2.05, 4.69) is 36.3 Å². The molecule has 2 bridgehead atoms. The Morgan fingerprint density at radius 2 is 2.04 bits per heavy atom. The van der Waals surface area contributed by atoms with Crippen molar-refractivity contribution in [2.45, 2.75) is 51.7 Å². The van der Waals surface area contributed by atoms with Crippen molar-refractivity contribution in [3.8, 4) is 0 Å². The molecule has 1 saturated heterocycles. The van der Waals surface area contributed by atoms with Crippen molar-refractivity contribution in [2.24, 2.45) is 11.8 Å². The molecule has 23 heavy (non-hydrogen) atoms. The molecular weight excluding hydrogens is 292 g/mol. The van der Waals surface area contributed by atoms with Crippen LogP contribution < -0.4 is 5.32 Å². The van der Waals surface area contributed by atoms with Gasteiger partial charge in [0.2, 0.25) is 0 Å². The second-order valence-electron chi connectivity index (χ2n) is 7.89. The molecule has 0 aromatic carbocycles. The van der Waals surface area contributed by atoms with E-state index in [1.165, 1.54) is 12.8 Å². The van der Waals surface area contributed by atoms with Gasteiger partial charge in [0, 0.05) is 37.5 Å². The molecule has 1 aromatic heterocycles. The highest BCUT2D eigenvalue weighted by molar-refractivity contribution is 5.74. The molecule has 2 aliphatic rings. The number of nitrogens with one attached hydrogen (secondary N) is 2. The van der Waals surface area contributed by atoms with Gasteiger partial charge in [-0.2, -0.15) is 5.10 Å². The van der Waals surface area contributed by atoms with Crippen LogP contribution in [-0.4, -0.2) is 47.4 Å². The predicted octanol–water partition coefficient (Wildman–Crippen LogP) is 2.27. The molecule has 3 rings (SSSR count). The van der Waals surface area contributed by atoms with Crippen molar-refractivity contribution in [3.05, 3.63) is 17.5 Å². The number of rotatable bonds is 3. The Morgan fingerprint density at radius 3 is 2.57 bits per heavy atom. The number of hydrogen-bond donors (Lipinski definition) is 2. The molecule has 6 heteroatoms. The zero-order valence-corrected chi connectivity index (χ0v) is 14.6. The van der Waals surface area contributed by atoms with Crippen molar-refractivity contribution in [1.82, 2.24) is 20.4 Å². The Morgan fingerprint density at radius 1 is 1.39 bits per heavy atom. The lowest BCUT2D eigenvalue weighted by Crippen LogP contribution is -2.51. The summed E-state index contributed by atoms with van der Waals surface area (Å²) in [6.07, 6.45) is 2.67. The molecule has 1 aromatic rings. The summed E-state index contributed by atoms with van der Waals surface area (Å²) in [5, 5.41) is 10.4.